The summed E-state index contributed by atoms with van der Waals surface area (Å²) in [7, 11) is 1.86. The third kappa shape index (κ3) is 2.54. The van der Waals surface area contributed by atoms with Gasteiger partial charge < -0.3 is 5.32 Å². The Morgan fingerprint density at radius 3 is 2.50 bits per heavy atom. The summed E-state index contributed by atoms with van der Waals surface area (Å²) in [6.07, 6.45) is 1.79. The van der Waals surface area contributed by atoms with Crippen molar-refractivity contribution < 1.29 is 0 Å². The number of aromatic nitrogens is 3. The number of nitrogens with one attached hydrogen (secondary N) is 1. The van der Waals surface area contributed by atoms with Gasteiger partial charge in [0, 0.05) is 18.7 Å². The highest BCUT2D eigenvalue weighted by Crippen LogP contribution is 2.34. The van der Waals surface area contributed by atoms with Crippen LogP contribution >= 0.6 is 27.3 Å². The molecule has 96 valence electrons. The van der Waals surface area contributed by atoms with Gasteiger partial charge in [0.25, 0.3) is 0 Å². The van der Waals surface area contributed by atoms with Crippen molar-refractivity contribution in [3.8, 4) is 10.7 Å². The fourth-order valence-electron chi connectivity index (χ4n) is 1.55. The van der Waals surface area contributed by atoms with Gasteiger partial charge in [-0.15, -0.1) is 11.3 Å². The van der Waals surface area contributed by atoms with Crippen molar-refractivity contribution in [2.24, 2.45) is 0 Å². The van der Waals surface area contributed by atoms with E-state index in [9.17, 15) is 0 Å². The van der Waals surface area contributed by atoms with E-state index < -0.39 is 0 Å². The summed E-state index contributed by atoms with van der Waals surface area (Å²) in [6.45, 7) is 6.40. The molecular formula is C12H15BrN4S. The Labute approximate surface area is 119 Å². The molecule has 0 spiro atoms. The van der Waals surface area contributed by atoms with Crippen LogP contribution in [0.2, 0.25) is 0 Å². The maximum Gasteiger partial charge on any atom is 0.173 e. The number of thiazole rings is 1. The second kappa shape index (κ2) is 4.93. The molecule has 0 fully saturated rings. The van der Waals surface area contributed by atoms with Crippen LogP contribution in [0.3, 0.4) is 0 Å². The zero-order chi connectivity index (χ0) is 13.3. The Hall–Kier alpha value is -1.01. The van der Waals surface area contributed by atoms with E-state index >= 15 is 0 Å². The first-order valence-corrected chi connectivity index (χ1v) is 7.25. The van der Waals surface area contributed by atoms with E-state index in [1.807, 2.05) is 7.05 Å². The first-order chi connectivity index (χ1) is 8.43. The van der Waals surface area contributed by atoms with Crippen LogP contribution in [-0.4, -0.2) is 22.0 Å². The maximum absolute atomic E-state index is 4.67. The molecule has 0 saturated heterocycles. The van der Waals surface area contributed by atoms with E-state index in [-0.39, 0.29) is 5.41 Å². The zero-order valence-electron chi connectivity index (χ0n) is 10.8. The van der Waals surface area contributed by atoms with Crippen LogP contribution in [-0.2, 0) is 5.41 Å². The predicted molar refractivity (Wildman–Crippen MR) is 79.1 cm³/mol. The minimum absolute atomic E-state index is 0.0488. The van der Waals surface area contributed by atoms with E-state index in [0.29, 0.717) is 0 Å². The third-order valence-electron chi connectivity index (χ3n) is 2.45. The van der Waals surface area contributed by atoms with E-state index in [0.717, 1.165) is 26.7 Å². The van der Waals surface area contributed by atoms with Gasteiger partial charge in [-0.05, 0) is 15.9 Å². The van der Waals surface area contributed by atoms with Gasteiger partial charge in [0.15, 0.2) is 5.82 Å². The Balaban J connectivity index is 2.64. The van der Waals surface area contributed by atoms with Gasteiger partial charge in [0.05, 0.1) is 20.6 Å². The summed E-state index contributed by atoms with van der Waals surface area (Å²) in [5, 5.41) is 3.10. The van der Waals surface area contributed by atoms with Gasteiger partial charge in [-0.25, -0.2) is 9.97 Å². The molecule has 2 aromatic heterocycles. The molecular weight excluding hydrogens is 312 g/mol. The largest absolute Gasteiger partial charge is 0.372 e. The molecule has 0 aliphatic carbocycles. The van der Waals surface area contributed by atoms with E-state index in [1.54, 1.807) is 23.0 Å². The SMILES string of the molecule is CNc1nc(-c2cncs2)nc(C(C)(C)C)c1Br. The Morgan fingerprint density at radius 1 is 1.28 bits per heavy atom. The molecule has 2 aromatic rings. The standard InChI is InChI=1S/C12H15BrN4S/c1-12(2,3)9-8(13)11(14-4)17-10(16-9)7-5-15-6-18-7/h5-6H,1-4H3,(H,14,16,17). The second-order valence-corrected chi connectivity index (χ2v) is 6.60. The number of nitrogens with zero attached hydrogens (tertiary/aromatic N) is 3. The van der Waals surface area contributed by atoms with Crippen molar-refractivity contribution in [1.82, 2.24) is 15.0 Å². The molecule has 0 saturated carbocycles. The van der Waals surface area contributed by atoms with Crippen LogP contribution in [0, 0.1) is 0 Å². The predicted octanol–water partition coefficient (Wildman–Crippen LogP) is 3.70. The highest BCUT2D eigenvalue weighted by atomic mass is 79.9. The highest BCUT2D eigenvalue weighted by molar-refractivity contribution is 9.10. The first kappa shape index (κ1) is 13.4. The first-order valence-electron chi connectivity index (χ1n) is 5.58. The fourth-order valence-corrected chi connectivity index (χ4v) is 3.07. The summed E-state index contributed by atoms with van der Waals surface area (Å²) in [5.74, 6) is 1.52. The van der Waals surface area contributed by atoms with E-state index in [4.69, 9.17) is 0 Å². The molecule has 0 aliphatic rings. The fraction of sp³-hybridized carbons (Fsp3) is 0.417. The summed E-state index contributed by atoms with van der Waals surface area (Å²) in [4.78, 5) is 14.2. The second-order valence-electron chi connectivity index (χ2n) is 4.92. The lowest BCUT2D eigenvalue weighted by molar-refractivity contribution is 0.564. The van der Waals surface area contributed by atoms with Gasteiger partial charge in [-0.3, -0.25) is 4.98 Å². The highest BCUT2D eigenvalue weighted by Gasteiger charge is 2.23. The normalized spacial score (nSPS) is 11.6. The van der Waals surface area contributed by atoms with Gasteiger partial charge in [-0.2, -0.15) is 0 Å². The van der Waals surface area contributed by atoms with Crippen LogP contribution < -0.4 is 5.32 Å². The zero-order valence-corrected chi connectivity index (χ0v) is 13.2. The summed E-state index contributed by atoms with van der Waals surface area (Å²) < 4.78 is 0.922. The van der Waals surface area contributed by atoms with Crippen LogP contribution in [0.15, 0.2) is 16.2 Å². The van der Waals surface area contributed by atoms with Gasteiger partial charge >= 0.3 is 0 Å². The lowest BCUT2D eigenvalue weighted by Crippen LogP contribution is -2.16. The van der Waals surface area contributed by atoms with E-state index in [2.05, 4.69) is 57.0 Å². The number of rotatable bonds is 2. The number of hydrogen-bond acceptors (Lipinski definition) is 5. The molecule has 0 amide bonds. The molecule has 2 rings (SSSR count). The number of hydrogen-bond donors (Lipinski definition) is 1. The van der Waals surface area contributed by atoms with Gasteiger partial charge in [0.1, 0.15) is 5.82 Å². The van der Waals surface area contributed by atoms with Crippen molar-refractivity contribution in [2.75, 3.05) is 12.4 Å². The summed E-state index contributed by atoms with van der Waals surface area (Å²) in [6, 6.07) is 0. The molecule has 18 heavy (non-hydrogen) atoms. The van der Waals surface area contributed by atoms with Crippen LogP contribution in [0.25, 0.3) is 10.7 Å². The minimum atomic E-state index is -0.0488. The van der Waals surface area contributed by atoms with Crippen molar-refractivity contribution in [3.63, 3.8) is 0 Å². The third-order valence-corrected chi connectivity index (χ3v) is 3.97. The molecule has 1 N–H and O–H groups in total. The Morgan fingerprint density at radius 2 is 2.00 bits per heavy atom. The molecule has 4 nitrogen and oxygen atoms in total. The molecule has 0 radical (unpaired) electrons. The Bertz CT molecular complexity index is 546. The topological polar surface area (TPSA) is 50.7 Å². The maximum atomic E-state index is 4.67. The van der Waals surface area contributed by atoms with Crippen molar-refractivity contribution in [3.05, 3.63) is 21.9 Å². The van der Waals surface area contributed by atoms with Crippen LogP contribution in [0.1, 0.15) is 26.5 Å². The van der Waals surface area contributed by atoms with Gasteiger partial charge in [-0.1, -0.05) is 20.8 Å². The Kier molecular flexibility index (Phi) is 3.68. The summed E-state index contributed by atoms with van der Waals surface area (Å²) >= 11 is 5.12. The number of halogens is 1. The molecule has 0 unspecified atom stereocenters. The van der Waals surface area contributed by atoms with Crippen LogP contribution in [0.5, 0.6) is 0 Å². The average Bonchev–Trinajstić information content (AvgIpc) is 2.81. The van der Waals surface area contributed by atoms with Crippen LogP contribution in [0.4, 0.5) is 5.82 Å². The van der Waals surface area contributed by atoms with E-state index in [1.165, 1.54) is 0 Å². The molecule has 2 heterocycles. The van der Waals surface area contributed by atoms with Gasteiger partial charge in [0.2, 0.25) is 0 Å². The lowest BCUT2D eigenvalue weighted by atomic mass is 9.92. The van der Waals surface area contributed by atoms with Crippen molar-refractivity contribution in [1.29, 1.82) is 0 Å². The summed E-state index contributed by atoms with van der Waals surface area (Å²) in [5.41, 5.74) is 2.73. The molecule has 0 aliphatic heterocycles. The quantitative estimate of drug-likeness (QED) is 0.914. The van der Waals surface area contributed by atoms with Crippen molar-refractivity contribution >= 4 is 33.1 Å². The lowest BCUT2D eigenvalue weighted by Gasteiger charge is -2.21. The molecule has 0 bridgehead atoms. The molecule has 0 aromatic carbocycles. The monoisotopic (exact) mass is 326 g/mol. The van der Waals surface area contributed by atoms with Crippen molar-refractivity contribution in [2.45, 2.75) is 26.2 Å². The minimum Gasteiger partial charge on any atom is -0.372 e. The smallest absolute Gasteiger partial charge is 0.173 e. The average molecular weight is 327 g/mol. The molecule has 6 heteroatoms. The molecule has 0 atom stereocenters. The number of anilines is 1.